The number of benzene rings is 2. The molecule has 0 aliphatic carbocycles. The molecular formula is C15H10FNO2. The van der Waals surface area contributed by atoms with E-state index in [1.807, 2.05) is 0 Å². The van der Waals surface area contributed by atoms with Crippen LogP contribution in [0.15, 0.2) is 46.9 Å². The maximum atomic E-state index is 13.7. The Kier molecular flexibility index (Phi) is 2.63. The first-order chi connectivity index (χ1) is 9.16. The molecule has 0 fully saturated rings. The summed E-state index contributed by atoms with van der Waals surface area (Å²) in [7, 11) is 0. The number of ketones is 1. The fourth-order valence-corrected chi connectivity index (χ4v) is 1.98. The van der Waals surface area contributed by atoms with Crippen molar-refractivity contribution in [3.05, 3.63) is 53.8 Å². The third-order valence-electron chi connectivity index (χ3n) is 2.90. The molecule has 0 bridgehead atoms. The number of para-hydroxylation sites is 1. The van der Waals surface area contributed by atoms with E-state index >= 15 is 0 Å². The molecule has 0 aliphatic rings. The second-order valence-electron chi connectivity index (χ2n) is 4.21. The minimum atomic E-state index is -0.404. The van der Waals surface area contributed by atoms with E-state index in [0.29, 0.717) is 16.7 Å². The number of hydrogen-bond acceptors (Lipinski definition) is 3. The molecule has 0 atom stereocenters. The van der Waals surface area contributed by atoms with Gasteiger partial charge >= 0.3 is 0 Å². The Morgan fingerprint density at radius 2 is 1.95 bits per heavy atom. The van der Waals surface area contributed by atoms with Gasteiger partial charge in [0, 0.05) is 0 Å². The molecule has 0 saturated heterocycles. The molecule has 0 N–H and O–H groups in total. The van der Waals surface area contributed by atoms with Crippen molar-refractivity contribution in [1.82, 2.24) is 4.98 Å². The first-order valence-corrected chi connectivity index (χ1v) is 5.82. The lowest BCUT2D eigenvalue weighted by atomic mass is 10.1. The Morgan fingerprint density at radius 3 is 2.68 bits per heavy atom. The average molecular weight is 255 g/mol. The van der Waals surface area contributed by atoms with E-state index in [4.69, 9.17) is 4.42 Å². The van der Waals surface area contributed by atoms with E-state index in [0.717, 1.165) is 0 Å². The lowest BCUT2D eigenvalue weighted by Gasteiger charge is -1.96. The molecule has 0 amide bonds. The van der Waals surface area contributed by atoms with Gasteiger partial charge in [-0.05, 0) is 31.2 Å². The van der Waals surface area contributed by atoms with Gasteiger partial charge < -0.3 is 4.42 Å². The molecule has 4 heteroatoms. The third kappa shape index (κ3) is 1.91. The van der Waals surface area contributed by atoms with Crippen LogP contribution >= 0.6 is 0 Å². The van der Waals surface area contributed by atoms with Crippen molar-refractivity contribution in [2.45, 2.75) is 6.92 Å². The first-order valence-electron chi connectivity index (χ1n) is 5.82. The Balaban J connectivity index is 2.26. The largest absolute Gasteiger partial charge is 0.435 e. The van der Waals surface area contributed by atoms with Gasteiger partial charge in [-0.2, -0.15) is 0 Å². The molecule has 0 saturated carbocycles. The summed E-state index contributed by atoms with van der Waals surface area (Å²) in [6.45, 7) is 1.46. The summed E-state index contributed by atoms with van der Waals surface area (Å²) in [5.74, 6) is -0.331. The van der Waals surface area contributed by atoms with Crippen molar-refractivity contribution in [1.29, 1.82) is 0 Å². The number of oxazole rings is 1. The Hall–Kier alpha value is -2.49. The second-order valence-corrected chi connectivity index (χ2v) is 4.21. The summed E-state index contributed by atoms with van der Waals surface area (Å²) in [4.78, 5) is 15.7. The summed E-state index contributed by atoms with van der Waals surface area (Å²) in [6.07, 6.45) is 0. The van der Waals surface area contributed by atoms with Crippen molar-refractivity contribution in [3.63, 3.8) is 0 Å². The van der Waals surface area contributed by atoms with Gasteiger partial charge in [0.15, 0.2) is 11.4 Å². The molecule has 0 spiro atoms. The average Bonchev–Trinajstić information content (AvgIpc) is 2.82. The number of carbonyl (C=O) groups is 1. The maximum Gasteiger partial charge on any atom is 0.230 e. The maximum absolute atomic E-state index is 13.7. The van der Waals surface area contributed by atoms with Crippen LogP contribution < -0.4 is 0 Å². The van der Waals surface area contributed by atoms with Gasteiger partial charge in [-0.15, -0.1) is 0 Å². The van der Waals surface area contributed by atoms with E-state index in [1.165, 1.54) is 13.0 Å². The SMILES string of the molecule is CC(=O)c1cccc2nc(-c3ccccc3F)oc12. The zero-order valence-corrected chi connectivity index (χ0v) is 10.2. The number of nitrogens with zero attached hydrogens (tertiary/aromatic N) is 1. The van der Waals surface area contributed by atoms with Gasteiger partial charge in [-0.25, -0.2) is 9.37 Å². The highest BCUT2D eigenvalue weighted by molar-refractivity contribution is 6.04. The summed E-state index contributed by atoms with van der Waals surface area (Å²) < 4.78 is 19.3. The van der Waals surface area contributed by atoms with E-state index in [-0.39, 0.29) is 17.2 Å². The third-order valence-corrected chi connectivity index (χ3v) is 2.90. The van der Waals surface area contributed by atoms with Crippen LogP contribution in [0, 0.1) is 5.82 Å². The lowest BCUT2D eigenvalue weighted by Crippen LogP contribution is -1.91. The molecule has 0 unspecified atom stereocenters. The van der Waals surface area contributed by atoms with Gasteiger partial charge in [0.2, 0.25) is 5.89 Å². The van der Waals surface area contributed by atoms with Crippen LogP contribution in [0.5, 0.6) is 0 Å². The highest BCUT2D eigenvalue weighted by Gasteiger charge is 2.15. The molecule has 0 aliphatic heterocycles. The van der Waals surface area contributed by atoms with Crippen LogP contribution in [-0.2, 0) is 0 Å². The topological polar surface area (TPSA) is 43.1 Å². The second kappa shape index (κ2) is 4.31. The highest BCUT2D eigenvalue weighted by atomic mass is 19.1. The molecule has 2 aromatic carbocycles. The molecule has 0 radical (unpaired) electrons. The monoisotopic (exact) mass is 255 g/mol. The molecular weight excluding hydrogens is 245 g/mol. The van der Waals surface area contributed by atoms with E-state index in [1.54, 1.807) is 36.4 Å². The van der Waals surface area contributed by atoms with Crippen molar-refractivity contribution < 1.29 is 13.6 Å². The highest BCUT2D eigenvalue weighted by Crippen LogP contribution is 2.28. The van der Waals surface area contributed by atoms with Gasteiger partial charge in [0.05, 0.1) is 11.1 Å². The number of fused-ring (bicyclic) bond motifs is 1. The number of carbonyl (C=O) groups excluding carboxylic acids is 1. The number of aromatic nitrogens is 1. The quantitative estimate of drug-likeness (QED) is 0.653. The van der Waals surface area contributed by atoms with Gasteiger partial charge in [0.25, 0.3) is 0 Å². The minimum absolute atomic E-state index is 0.109. The van der Waals surface area contributed by atoms with Crippen molar-refractivity contribution in [2.24, 2.45) is 0 Å². The fourth-order valence-electron chi connectivity index (χ4n) is 1.98. The Morgan fingerprint density at radius 1 is 1.16 bits per heavy atom. The molecule has 1 heterocycles. The summed E-state index contributed by atoms with van der Waals surface area (Å²) >= 11 is 0. The number of hydrogen-bond donors (Lipinski definition) is 0. The van der Waals surface area contributed by atoms with E-state index in [2.05, 4.69) is 4.98 Å². The molecule has 3 nitrogen and oxygen atoms in total. The van der Waals surface area contributed by atoms with E-state index in [9.17, 15) is 9.18 Å². The molecule has 94 valence electrons. The summed E-state index contributed by atoms with van der Waals surface area (Å²) in [6, 6.07) is 11.4. The summed E-state index contributed by atoms with van der Waals surface area (Å²) in [5, 5.41) is 0. The van der Waals surface area contributed by atoms with Gasteiger partial charge in [-0.3, -0.25) is 4.79 Å². The molecule has 3 aromatic rings. The van der Waals surface area contributed by atoms with Crippen LogP contribution in [0.4, 0.5) is 4.39 Å². The number of rotatable bonds is 2. The summed E-state index contributed by atoms with van der Waals surface area (Å²) in [5.41, 5.74) is 1.68. The lowest BCUT2D eigenvalue weighted by molar-refractivity contribution is 0.101. The Labute approximate surface area is 108 Å². The zero-order valence-electron chi connectivity index (χ0n) is 10.2. The van der Waals surface area contributed by atoms with Crippen LogP contribution in [0.3, 0.4) is 0 Å². The molecule has 3 rings (SSSR count). The standard InChI is InChI=1S/C15H10FNO2/c1-9(18)10-6-4-8-13-14(10)19-15(17-13)11-5-2-3-7-12(11)16/h2-8H,1H3. The van der Waals surface area contributed by atoms with Crippen LogP contribution in [0.2, 0.25) is 0 Å². The van der Waals surface area contributed by atoms with Crippen LogP contribution in [-0.4, -0.2) is 10.8 Å². The minimum Gasteiger partial charge on any atom is -0.435 e. The molecule has 1 aromatic heterocycles. The van der Waals surface area contributed by atoms with E-state index < -0.39 is 5.82 Å². The normalized spacial score (nSPS) is 10.8. The Bertz CT molecular complexity index is 777. The van der Waals surface area contributed by atoms with Crippen molar-refractivity contribution in [2.75, 3.05) is 0 Å². The van der Waals surface area contributed by atoms with Crippen LogP contribution in [0.1, 0.15) is 17.3 Å². The molecule has 19 heavy (non-hydrogen) atoms. The predicted octanol–water partition coefficient (Wildman–Crippen LogP) is 3.84. The van der Waals surface area contributed by atoms with Gasteiger partial charge in [0.1, 0.15) is 11.3 Å². The first kappa shape index (κ1) is 11.6. The fraction of sp³-hybridized carbons (Fsp3) is 0.0667. The van der Waals surface area contributed by atoms with Crippen molar-refractivity contribution >= 4 is 16.9 Å². The number of Topliss-reactive ketones (excluding diaryl/α,β-unsaturated/α-hetero) is 1. The van der Waals surface area contributed by atoms with Gasteiger partial charge in [-0.1, -0.05) is 18.2 Å². The van der Waals surface area contributed by atoms with Crippen LogP contribution in [0.25, 0.3) is 22.6 Å². The number of halogens is 1. The predicted molar refractivity (Wildman–Crippen MR) is 69.4 cm³/mol. The smallest absolute Gasteiger partial charge is 0.230 e. The zero-order chi connectivity index (χ0) is 13.4. The van der Waals surface area contributed by atoms with Crippen molar-refractivity contribution in [3.8, 4) is 11.5 Å².